The van der Waals surface area contributed by atoms with E-state index in [0.29, 0.717) is 47.1 Å². The van der Waals surface area contributed by atoms with Gasteiger partial charge in [-0.05, 0) is 62.6 Å². The largest absolute Gasteiger partial charge is 0.493 e. The van der Waals surface area contributed by atoms with Crippen LogP contribution in [0.5, 0.6) is 11.5 Å². The zero-order valence-corrected chi connectivity index (χ0v) is 23.5. The standard InChI is InChI=1S/C29H37ClN4O5/c1-5-29(6-2)15-23(35)34(27(31)33-29)20-11-12-38-21-9-7-16(13-18(20)21)26(37)32-24-19-14-17(30)8-10-22(19)39-28(3,4)25(24)36/h7-10,13-14,20,24-26,32,36-37H,5-6,11-12,15H2,1-4H3,(H2,31,33)/t20-,24-,25+,26?/m1/s1. The predicted molar refractivity (Wildman–Crippen MR) is 149 cm³/mol. The fraction of sp³-hybridized carbons (Fsp3) is 0.517. The summed E-state index contributed by atoms with van der Waals surface area (Å²) in [6.07, 6.45) is 0.210. The molecule has 0 saturated carbocycles. The first-order valence-electron chi connectivity index (χ1n) is 13.5. The number of halogens is 1. The van der Waals surface area contributed by atoms with Crippen molar-refractivity contribution in [2.45, 2.75) is 88.9 Å². The molecule has 0 aromatic heterocycles. The summed E-state index contributed by atoms with van der Waals surface area (Å²) in [5.41, 5.74) is 7.01. The summed E-state index contributed by atoms with van der Waals surface area (Å²) in [6.45, 7) is 8.07. The molecule has 0 spiro atoms. The number of benzene rings is 2. The molecule has 0 saturated heterocycles. The Kier molecular flexibility index (Phi) is 7.30. The summed E-state index contributed by atoms with van der Waals surface area (Å²) in [5, 5.41) is 26.1. The monoisotopic (exact) mass is 556 g/mol. The number of rotatable bonds is 6. The van der Waals surface area contributed by atoms with Gasteiger partial charge in [-0.3, -0.25) is 15.0 Å². The van der Waals surface area contributed by atoms with Crippen LogP contribution in [0.3, 0.4) is 0 Å². The number of aliphatic imine (C=N–C) groups is 1. The molecule has 10 heteroatoms. The molecule has 1 amide bonds. The fourth-order valence-corrected chi connectivity index (χ4v) is 6.05. The third-order valence-corrected chi connectivity index (χ3v) is 8.61. The van der Waals surface area contributed by atoms with Gasteiger partial charge in [0.25, 0.3) is 0 Å². The van der Waals surface area contributed by atoms with Crippen molar-refractivity contribution in [3.8, 4) is 11.5 Å². The third kappa shape index (κ3) is 4.97. The van der Waals surface area contributed by atoms with E-state index in [1.165, 1.54) is 0 Å². The van der Waals surface area contributed by atoms with Gasteiger partial charge in [-0.25, -0.2) is 4.99 Å². The number of amides is 1. The zero-order chi connectivity index (χ0) is 28.1. The number of aliphatic hydroxyl groups excluding tert-OH is 2. The second kappa shape index (κ2) is 10.3. The quantitative estimate of drug-likeness (QED) is 0.394. The molecule has 0 radical (unpaired) electrons. The van der Waals surface area contributed by atoms with E-state index in [1.807, 2.05) is 19.9 Å². The number of carbonyl (C=O) groups is 1. The van der Waals surface area contributed by atoms with Crippen LogP contribution in [-0.2, 0) is 4.79 Å². The van der Waals surface area contributed by atoms with Gasteiger partial charge < -0.3 is 25.4 Å². The zero-order valence-electron chi connectivity index (χ0n) is 22.8. The minimum atomic E-state index is -1.14. The molecule has 9 nitrogen and oxygen atoms in total. The van der Waals surface area contributed by atoms with Crippen LogP contribution in [0, 0.1) is 0 Å². The van der Waals surface area contributed by atoms with Crippen molar-refractivity contribution in [3.63, 3.8) is 0 Å². The van der Waals surface area contributed by atoms with Gasteiger partial charge in [0.15, 0.2) is 5.96 Å². The van der Waals surface area contributed by atoms with Gasteiger partial charge in [0.2, 0.25) is 5.91 Å². The van der Waals surface area contributed by atoms with Crippen LogP contribution < -0.4 is 20.5 Å². The number of nitrogens with zero attached hydrogens (tertiary/aromatic N) is 2. The SMILES string of the molecule is CCC1(CC)CC(=O)N([C@@H]2CCOc3ccc(C(O)N[C@@H]4c5cc(Cl)ccc5OC(C)(C)[C@H]4O)cc32)C(N)=N1. The van der Waals surface area contributed by atoms with Crippen molar-refractivity contribution < 1.29 is 24.5 Å². The minimum absolute atomic E-state index is 0.0610. The van der Waals surface area contributed by atoms with Crippen molar-refractivity contribution in [1.82, 2.24) is 10.2 Å². The number of aliphatic hydroxyl groups is 2. The Hall–Kier alpha value is -2.85. The lowest BCUT2D eigenvalue weighted by molar-refractivity contribution is -0.132. The summed E-state index contributed by atoms with van der Waals surface area (Å²) in [6, 6.07) is 9.60. The van der Waals surface area contributed by atoms with Crippen molar-refractivity contribution in [2.24, 2.45) is 10.7 Å². The number of hydrogen-bond acceptors (Lipinski definition) is 8. The Bertz CT molecular complexity index is 1290. The van der Waals surface area contributed by atoms with Crippen molar-refractivity contribution in [3.05, 3.63) is 58.1 Å². The number of carbonyl (C=O) groups excluding carboxylic acids is 1. The summed E-state index contributed by atoms with van der Waals surface area (Å²) >= 11 is 6.25. The second-order valence-electron chi connectivity index (χ2n) is 11.2. The van der Waals surface area contributed by atoms with E-state index in [1.54, 1.807) is 49.1 Å². The normalized spacial score (nSPS) is 26.0. The molecule has 39 heavy (non-hydrogen) atoms. The maximum absolute atomic E-state index is 13.4. The predicted octanol–water partition coefficient (Wildman–Crippen LogP) is 4.12. The maximum atomic E-state index is 13.4. The molecule has 0 bridgehead atoms. The fourth-order valence-electron chi connectivity index (χ4n) is 5.87. The van der Waals surface area contributed by atoms with Gasteiger partial charge in [0.05, 0.1) is 30.7 Å². The van der Waals surface area contributed by atoms with Gasteiger partial charge in [-0.2, -0.15) is 0 Å². The number of nitrogens with one attached hydrogen (secondary N) is 1. The molecule has 3 aliphatic rings. The Morgan fingerprint density at radius 1 is 1.18 bits per heavy atom. The summed E-state index contributed by atoms with van der Waals surface area (Å²) < 4.78 is 11.9. The molecule has 210 valence electrons. The summed E-state index contributed by atoms with van der Waals surface area (Å²) in [4.78, 5) is 19.7. The van der Waals surface area contributed by atoms with Crippen LogP contribution in [0.2, 0.25) is 5.02 Å². The van der Waals surface area contributed by atoms with Crippen LogP contribution in [0.4, 0.5) is 0 Å². The Morgan fingerprint density at radius 3 is 2.59 bits per heavy atom. The van der Waals surface area contributed by atoms with Crippen LogP contribution >= 0.6 is 11.6 Å². The van der Waals surface area contributed by atoms with Gasteiger partial charge in [-0.15, -0.1) is 0 Å². The van der Waals surface area contributed by atoms with Gasteiger partial charge >= 0.3 is 0 Å². The van der Waals surface area contributed by atoms with E-state index in [4.69, 9.17) is 31.8 Å². The van der Waals surface area contributed by atoms with E-state index in [-0.39, 0.29) is 17.9 Å². The summed E-state index contributed by atoms with van der Waals surface area (Å²) in [7, 11) is 0. The summed E-state index contributed by atoms with van der Waals surface area (Å²) in [5.74, 6) is 1.38. The van der Waals surface area contributed by atoms with Gasteiger partial charge in [0, 0.05) is 22.6 Å². The van der Waals surface area contributed by atoms with E-state index < -0.39 is 29.5 Å². The maximum Gasteiger partial charge on any atom is 0.232 e. The molecular formula is C29H37ClN4O5. The van der Waals surface area contributed by atoms with E-state index >= 15 is 0 Å². The molecule has 2 aromatic rings. The highest BCUT2D eigenvalue weighted by Crippen LogP contribution is 2.43. The van der Waals surface area contributed by atoms with Crippen LogP contribution in [0.15, 0.2) is 41.4 Å². The lowest BCUT2D eigenvalue weighted by Gasteiger charge is -2.43. The van der Waals surface area contributed by atoms with Crippen molar-refractivity contribution in [2.75, 3.05) is 6.61 Å². The lowest BCUT2D eigenvalue weighted by atomic mass is 9.86. The molecule has 4 atom stereocenters. The average Bonchev–Trinajstić information content (AvgIpc) is 2.91. The molecule has 2 aromatic carbocycles. The molecule has 1 unspecified atom stereocenters. The molecule has 3 heterocycles. The van der Waals surface area contributed by atoms with E-state index in [0.717, 1.165) is 18.4 Å². The Labute approximate surface area is 234 Å². The highest BCUT2D eigenvalue weighted by Gasteiger charge is 2.44. The average molecular weight is 557 g/mol. The topological polar surface area (TPSA) is 130 Å². The van der Waals surface area contributed by atoms with E-state index in [9.17, 15) is 15.0 Å². The number of ether oxygens (including phenoxy) is 2. The van der Waals surface area contributed by atoms with Crippen LogP contribution in [-0.4, -0.2) is 50.8 Å². The van der Waals surface area contributed by atoms with Crippen molar-refractivity contribution in [1.29, 1.82) is 0 Å². The van der Waals surface area contributed by atoms with Crippen LogP contribution in [0.1, 0.15) is 88.4 Å². The third-order valence-electron chi connectivity index (χ3n) is 8.38. The van der Waals surface area contributed by atoms with Crippen LogP contribution in [0.25, 0.3) is 0 Å². The number of guanidine groups is 1. The van der Waals surface area contributed by atoms with E-state index in [2.05, 4.69) is 5.32 Å². The minimum Gasteiger partial charge on any atom is -0.493 e. The van der Waals surface area contributed by atoms with Gasteiger partial charge in [0.1, 0.15) is 29.4 Å². The smallest absolute Gasteiger partial charge is 0.232 e. The van der Waals surface area contributed by atoms with Crippen molar-refractivity contribution >= 4 is 23.5 Å². The first-order chi connectivity index (χ1) is 18.5. The molecule has 5 rings (SSSR count). The number of nitrogens with two attached hydrogens (primary N) is 1. The highest BCUT2D eigenvalue weighted by molar-refractivity contribution is 6.30. The first kappa shape index (κ1) is 27.7. The first-order valence-corrected chi connectivity index (χ1v) is 13.9. The lowest BCUT2D eigenvalue weighted by Crippen LogP contribution is -2.53. The molecule has 0 fully saturated rings. The number of hydrogen-bond donors (Lipinski definition) is 4. The number of fused-ring (bicyclic) bond motifs is 2. The molecule has 3 aliphatic heterocycles. The Balaban J connectivity index is 1.46. The molecule has 0 aliphatic carbocycles. The molecular weight excluding hydrogens is 520 g/mol. The highest BCUT2D eigenvalue weighted by atomic mass is 35.5. The van der Waals surface area contributed by atoms with Gasteiger partial charge in [-0.1, -0.05) is 31.5 Å². The molecule has 5 N–H and O–H groups in total. The second-order valence-corrected chi connectivity index (χ2v) is 11.6. The Morgan fingerprint density at radius 2 is 1.90 bits per heavy atom.